The highest BCUT2D eigenvalue weighted by Gasteiger charge is 2.03. The van der Waals surface area contributed by atoms with Gasteiger partial charge in [0.05, 0.1) is 11.1 Å². The van der Waals surface area contributed by atoms with Crippen molar-refractivity contribution in [1.29, 1.82) is 0 Å². The van der Waals surface area contributed by atoms with Gasteiger partial charge in [-0.15, -0.1) is 0 Å². The fourth-order valence-corrected chi connectivity index (χ4v) is 1.19. The van der Waals surface area contributed by atoms with Crippen LogP contribution in [0.5, 0.6) is 0 Å². The van der Waals surface area contributed by atoms with Gasteiger partial charge in [-0.3, -0.25) is 14.1 Å². The van der Waals surface area contributed by atoms with E-state index in [1.54, 1.807) is 6.07 Å². The van der Waals surface area contributed by atoms with E-state index in [4.69, 9.17) is 22.6 Å². The van der Waals surface area contributed by atoms with Gasteiger partial charge in [0.2, 0.25) is 0 Å². The number of benzene rings is 1. The predicted octanol–water partition coefficient (Wildman–Crippen LogP) is 1.28. The highest BCUT2D eigenvalue weighted by molar-refractivity contribution is 7.79. The number of rotatable bonds is 1. The van der Waals surface area contributed by atoms with Gasteiger partial charge < -0.3 is 5.11 Å². The summed E-state index contributed by atoms with van der Waals surface area (Å²) in [5.41, 5.74) is 1.03. The Kier molecular flexibility index (Phi) is 4.32. The third-order valence-corrected chi connectivity index (χ3v) is 1.84. The number of carboxylic acids is 1. The number of nitrogens with zero attached hydrogens (tertiary/aromatic N) is 1. The molecule has 1 aromatic heterocycles. The number of carboxylic acid groups (broad SMARTS) is 1. The smallest absolute Gasteiger partial charge is 0.394 e. The molecule has 1 heterocycles. The molecule has 0 aliphatic heterocycles. The minimum absolute atomic E-state index is 0.221. The Labute approximate surface area is 102 Å². The number of hydrogen-bond acceptors (Lipinski definition) is 4. The number of fused-ring (bicyclic) bond motifs is 1. The molecule has 8 heteroatoms. The van der Waals surface area contributed by atoms with E-state index >= 15 is 0 Å². The standard InChI is InChI=1S/C10H7NO2.H2O4S/c12-10(13)8-5-7-3-1-2-4-9(7)11-6-8;1-5(2,3)4/h1-6H,(H,12,13);(H2,1,2,3,4). The Morgan fingerprint density at radius 2 is 1.72 bits per heavy atom. The molecule has 18 heavy (non-hydrogen) atoms. The fourth-order valence-electron chi connectivity index (χ4n) is 1.19. The molecule has 0 atom stereocenters. The normalized spacial score (nSPS) is 10.6. The largest absolute Gasteiger partial charge is 0.478 e. The number of carbonyl (C=O) groups is 1. The van der Waals surface area contributed by atoms with Crippen LogP contribution in [0, 0.1) is 0 Å². The third-order valence-electron chi connectivity index (χ3n) is 1.84. The second-order valence-electron chi connectivity index (χ2n) is 3.17. The lowest BCUT2D eigenvalue weighted by molar-refractivity contribution is 0.0696. The average molecular weight is 271 g/mol. The first-order chi connectivity index (χ1) is 8.27. The van der Waals surface area contributed by atoms with Crippen LogP contribution in [0.3, 0.4) is 0 Å². The van der Waals surface area contributed by atoms with Crippen LogP contribution in [-0.2, 0) is 10.4 Å². The molecule has 0 aliphatic rings. The summed E-state index contributed by atoms with van der Waals surface area (Å²) >= 11 is 0. The van der Waals surface area contributed by atoms with Crippen LogP contribution in [0.2, 0.25) is 0 Å². The van der Waals surface area contributed by atoms with Crippen LogP contribution in [0.1, 0.15) is 10.4 Å². The molecule has 0 amide bonds. The van der Waals surface area contributed by atoms with Crippen molar-refractivity contribution in [3.8, 4) is 0 Å². The third kappa shape index (κ3) is 4.87. The number of para-hydroxylation sites is 1. The van der Waals surface area contributed by atoms with Crippen molar-refractivity contribution >= 4 is 27.3 Å². The molecule has 2 aromatic rings. The lowest BCUT2D eigenvalue weighted by Gasteiger charge is -1.97. The van der Waals surface area contributed by atoms with Crippen molar-refractivity contribution in [1.82, 2.24) is 4.98 Å². The van der Waals surface area contributed by atoms with E-state index in [-0.39, 0.29) is 5.56 Å². The van der Waals surface area contributed by atoms with Gasteiger partial charge in [-0.1, -0.05) is 18.2 Å². The Balaban J connectivity index is 0.000000280. The quantitative estimate of drug-likeness (QED) is 0.667. The summed E-state index contributed by atoms with van der Waals surface area (Å²) in [5.74, 6) is -0.946. The van der Waals surface area contributed by atoms with Crippen molar-refractivity contribution in [2.24, 2.45) is 0 Å². The van der Waals surface area contributed by atoms with Crippen LogP contribution in [-0.4, -0.2) is 33.6 Å². The van der Waals surface area contributed by atoms with Crippen molar-refractivity contribution in [3.05, 3.63) is 42.1 Å². The minimum Gasteiger partial charge on any atom is -0.478 e. The van der Waals surface area contributed by atoms with Crippen molar-refractivity contribution < 1.29 is 27.4 Å². The highest BCUT2D eigenvalue weighted by Crippen LogP contribution is 2.12. The Hall–Kier alpha value is -2.03. The molecular weight excluding hydrogens is 262 g/mol. The van der Waals surface area contributed by atoms with Crippen LogP contribution >= 0.6 is 0 Å². The van der Waals surface area contributed by atoms with Gasteiger partial charge >= 0.3 is 16.4 Å². The lowest BCUT2D eigenvalue weighted by atomic mass is 10.2. The molecule has 96 valence electrons. The molecule has 1 aromatic carbocycles. The van der Waals surface area contributed by atoms with E-state index < -0.39 is 16.4 Å². The monoisotopic (exact) mass is 271 g/mol. The molecular formula is C10H9NO6S. The van der Waals surface area contributed by atoms with Gasteiger partial charge in [-0.05, 0) is 12.1 Å². The predicted molar refractivity (Wildman–Crippen MR) is 62.9 cm³/mol. The van der Waals surface area contributed by atoms with Crippen LogP contribution in [0.25, 0.3) is 10.9 Å². The van der Waals surface area contributed by atoms with E-state index in [2.05, 4.69) is 4.98 Å². The van der Waals surface area contributed by atoms with Crippen molar-refractivity contribution in [2.75, 3.05) is 0 Å². The average Bonchev–Trinajstić information content (AvgIpc) is 2.26. The Morgan fingerprint density at radius 3 is 2.28 bits per heavy atom. The van der Waals surface area contributed by atoms with Crippen LogP contribution in [0.4, 0.5) is 0 Å². The molecule has 0 saturated heterocycles. The maximum Gasteiger partial charge on any atom is 0.394 e. The zero-order valence-corrected chi connectivity index (χ0v) is 9.70. The molecule has 0 radical (unpaired) electrons. The summed E-state index contributed by atoms with van der Waals surface area (Å²) in [6.07, 6.45) is 1.37. The van der Waals surface area contributed by atoms with Gasteiger partial charge in [0.1, 0.15) is 0 Å². The first kappa shape index (κ1) is 14.0. The zero-order chi connectivity index (χ0) is 13.8. The van der Waals surface area contributed by atoms with Gasteiger partial charge in [-0.25, -0.2) is 4.79 Å². The van der Waals surface area contributed by atoms with E-state index in [0.717, 1.165) is 10.9 Å². The minimum atomic E-state index is -4.67. The first-order valence-corrected chi connectivity index (χ1v) is 5.95. The summed E-state index contributed by atoms with van der Waals surface area (Å²) in [7, 11) is -4.67. The van der Waals surface area contributed by atoms with E-state index in [0.29, 0.717) is 0 Å². The second-order valence-corrected chi connectivity index (χ2v) is 4.07. The van der Waals surface area contributed by atoms with Crippen molar-refractivity contribution in [2.45, 2.75) is 0 Å². The lowest BCUT2D eigenvalue weighted by Crippen LogP contribution is -1.96. The summed E-state index contributed by atoms with van der Waals surface area (Å²) in [6, 6.07) is 9.03. The van der Waals surface area contributed by atoms with Crippen LogP contribution < -0.4 is 0 Å². The molecule has 2 rings (SSSR count). The molecule has 0 saturated carbocycles. The summed E-state index contributed by atoms with van der Waals surface area (Å²) < 4.78 is 31.6. The molecule has 0 fully saturated rings. The van der Waals surface area contributed by atoms with Gasteiger partial charge in [0, 0.05) is 11.6 Å². The molecule has 0 unspecified atom stereocenters. The molecule has 7 nitrogen and oxygen atoms in total. The molecule has 0 bridgehead atoms. The number of aromatic carboxylic acids is 1. The summed E-state index contributed by atoms with van der Waals surface area (Å²) in [5, 5.41) is 9.55. The SMILES string of the molecule is O=C(O)c1cnc2ccccc2c1.O=S(=O)(O)O. The second kappa shape index (κ2) is 5.54. The Morgan fingerprint density at radius 1 is 1.17 bits per heavy atom. The maximum atomic E-state index is 10.6. The van der Waals surface area contributed by atoms with Gasteiger partial charge in [0.15, 0.2) is 0 Å². The topological polar surface area (TPSA) is 125 Å². The number of hydrogen-bond donors (Lipinski definition) is 3. The Bertz CT molecular complexity index is 659. The van der Waals surface area contributed by atoms with E-state index in [1.807, 2.05) is 24.3 Å². The van der Waals surface area contributed by atoms with Crippen LogP contribution in [0.15, 0.2) is 36.5 Å². The summed E-state index contributed by atoms with van der Waals surface area (Å²) in [4.78, 5) is 14.6. The van der Waals surface area contributed by atoms with Gasteiger partial charge in [0.25, 0.3) is 0 Å². The zero-order valence-electron chi connectivity index (χ0n) is 8.89. The number of pyridine rings is 1. The molecule has 0 aliphatic carbocycles. The maximum absolute atomic E-state index is 10.6. The highest BCUT2D eigenvalue weighted by atomic mass is 32.3. The first-order valence-electron chi connectivity index (χ1n) is 4.55. The summed E-state index contributed by atoms with van der Waals surface area (Å²) in [6.45, 7) is 0. The molecule has 0 spiro atoms. The fraction of sp³-hybridized carbons (Fsp3) is 0. The van der Waals surface area contributed by atoms with E-state index in [9.17, 15) is 4.79 Å². The molecule has 3 N–H and O–H groups in total. The number of aromatic nitrogens is 1. The van der Waals surface area contributed by atoms with E-state index in [1.165, 1.54) is 6.20 Å². The van der Waals surface area contributed by atoms with Crippen molar-refractivity contribution in [3.63, 3.8) is 0 Å². The van der Waals surface area contributed by atoms with Gasteiger partial charge in [-0.2, -0.15) is 8.42 Å².